The third-order valence-corrected chi connectivity index (χ3v) is 2.26. The number of nitrogens with zero attached hydrogens (tertiary/aromatic N) is 2. The van der Waals surface area contributed by atoms with E-state index >= 15 is 0 Å². The molecule has 1 aromatic heterocycles. The predicted octanol–water partition coefficient (Wildman–Crippen LogP) is 1.48. The summed E-state index contributed by atoms with van der Waals surface area (Å²) in [5.74, 6) is -0.546. The van der Waals surface area contributed by atoms with E-state index < -0.39 is 11.9 Å². The number of alkyl halides is 3. The molecular formula is C11H16F3N5O. The van der Waals surface area contributed by atoms with Gasteiger partial charge in [0.05, 0.1) is 6.54 Å². The number of anilines is 2. The molecule has 3 N–H and O–H groups in total. The van der Waals surface area contributed by atoms with E-state index in [2.05, 4.69) is 25.9 Å². The van der Waals surface area contributed by atoms with Gasteiger partial charge in [0.2, 0.25) is 11.9 Å². The lowest BCUT2D eigenvalue weighted by Crippen LogP contribution is -2.26. The van der Waals surface area contributed by atoms with E-state index in [0.717, 1.165) is 12.5 Å². The Balaban J connectivity index is 2.94. The number of nitrogens with one attached hydrogen (secondary N) is 3. The molecule has 0 unspecified atom stereocenters. The SMILES string of the molecule is CCCNc1nc(NCC(=O)NC)cc(C(F)(F)F)n1. The highest BCUT2D eigenvalue weighted by Gasteiger charge is 2.33. The summed E-state index contributed by atoms with van der Waals surface area (Å²) >= 11 is 0. The Kier molecular flexibility index (Phi) is 5.53. The fourth-order valence-corrected chi connectivity index (χ4v) is 1.26. The minimum atomic E-state index is -4.57. The van der Waals surface area contributed by atoms with Gasteiger partial charge in [-0.15, -0.1) is 0 Å². The summed E-state index contributed by atoms with van der Waals surface area (Å²) in [6.45, 7) is 2.15. The zero-order valence-corrected chi connectivity index (χ0v) is 11.1. The molecule has 0 saturated carbocycles. The lowest BCUT2D eigenvalue weighted by Gasteiger charge is -2.12. The van der Waals surface area contributed by atoms with Crippen LogP contribution in [-0.2, 0) is 11.0 Å². The lowest BCUT2D eigenvalue weighted by atomic mass is 10.3. The van der Waals surface area contributed by atoms with Crippen LogP contribution in [0.4, 0.5) is 24.9 Å². The molecular weight excluding hydrogens is 275 g/mol. The molecule has 0 bridgehead atoms. The number of aromatic nitrogens is 2. The van der Waals surface area contributed by atoms with Gasteiger partial charge in [-0.2, -0.15) is 18.2 Å². The van der Waals surface area contributed by atoms with Gasteiger partial charge in [0.25, 0.3) is 0 Å². The highest BCUT2D eigenvalue weighted by atomic mass is 19.4. The molecule has 112 valence electrons. The van der Waals surface area contributed by atoms with Crippen molar-refractivity contribution in [2.45, 2.75) is 19.5 Å². The third-order valence-electron chi connectivity index (χ3n) is 2.26. The smallest absolute Gasteiger partial charge is 0.361 e. The Labute approximate surface area is 114 Å². The topological polar surface area (TPSA) is 78.9 Å². The summed E-state index contributed by atoms with van der Waals surface area (Å²) in [6.07, 6.45) is -3.85. The number of carbonyl (C=O) groups excluding carboxylic acids is 1. The summed E-state index contributed by atoms with van der Waals surface area (Å²) in [6, 6.07) is 0.764. The first kappa shape index (κ1) is 16.0. The van der Waals surface area contributed by atoms with Crippen LogP contribution in [0.2, 0.25) is 0 Å². The Morgan fingerprint density at radius 2 is 2.00 bits per heavy atom. The zero-order chi connectivity index (χ0) is 15.2. The molecule has 0 aliphatic rings. The molecule has 0 aliphatic heterocycles. The van der Waals surface area contributed by atoms with Gasteiger partial charge < -0.3 is 16.0 Å². The van der Waals surface area contributed by atoms with E-state index in [1.807, 2.05) is 6.92 Å². The normalized spacial score (nSPS) is 11.1. The molecule has 0 spiro atoms. The Hall–Kier alpha value is -2.06. The molecule has 1 rings (SSSR count). The van der Waals surface area contributed by atoms with E-state index in [1.165, 1.54) is 7.05 Å². The van der Waals surface area contributed by atoms with Crippen molar-refractivity contribution in [2.75, 3.05) is 30.8 Å². The van der Waals surface area contributed by atoms with Gasteiger partial charge in [-0.05, 0) is 6.42 Å². The summed E-state index contributed by atoms with van der Waals surface area (Å²) in [5.41, 5.74) is -1.06. The second-order valence-electron chi connectivity index (χ2n) is 3.91. The molecule has 9 heteroatoms. The molecule has 20 heavy (non-hydrogen) atoms. The van der Waals surface area contributed by atoms with E-state index in [4.69, 9.17) is 0 Å². The van der Waals surface area contributed by atoms with Crippen molar-refractivity contribution in [1.29, 1.82) is 0 Å². The average molecular weight is 291 g/mol. The molecule has 0 saturated heterocycles. The van der Waals surface area contributed by atoms with Gasteiger partial charge in [0.15, 0.2) is 5.69 Å². The van der Waals surface area contributed by atoms with Crippen molar-refractivity contribution in [3.8, 4) is 0 Å². The number of amides is 1. The Morgan fingerprint density at radius 3 is 2.55 bits per heavy atom. The second-order valence-corrected chi connectivity index (χ2v) is 3.91. The van der Waals surface area contributed by atoms with Gasteiger partial charge >= 0.3 is 6.18 Å². The van der Waals surface area contributed by atoms with Crippen molar-refractivity contribution in [1.82, 2.24) is 15.3 Å². The van der Waals surface area contributed by atoms with Crippen LogP contribution in [0.15, 0.2) is 6.07 Å². The van der Waals surface area contributed by atoms with E-state index in [-0.39, 0.29) is 24.2 Å². The van der Waals surface area contributed by atoms with Crippen molar-refractivity contribution in [3.63, 3.8) is 0 Å². The molecule has 1 amide bonds. The first-order chi connectivity index (χ1) is 9.36. The molecule has 1 heterocycles. The first-order valence-corrected chi connectivity index (χ1v) is 6.01. The monoisotopic (exact) mass is 291 g/mol. The van der Waals surface area contributed by atoms with Crippen LogP contribution in [0.1, 0.15) is 19.0 Å². The van der Waals surface area contributed by atoms with Gasteiger partial charge in [-0.25, -0.2) is 4.98 Å². The number of hydrogen-bond donors (Lipinski definition) is 3. The van der Waals surface area contributed by atoms with Gasteiger partial charge in [-0.3, -0.25) is 4.79 Å². The number of likely N-dealkylation sites (N-methyl/N-ethyl adjacent to an activating group) is 1. The minimum absolute atomic E-state index is 0.0606. The molecule has 0 radical (unpaired) electrons. The van der Waals surface area contributed by atoms with E-state index in [9.17, 15) is 18.0 Å². The second kappa shape index (κ2) is 6.92. The van der Waals surface area contributed by atoms with Crippen LogP contribution in [0.5, 0.6) is 0 Å². The fraction of sp³-hybridized carbons (Fsp3) is 0.545. The van der Waals surface area contributed by atoms with Crippen LogP contribution >= 0.6 is 0 Å². The van der Waals surface area contributed by atoms with E-state index in [1.54, 1.807) is 0 Å². The highest BCUT2D eigenvalue weighted by Crippen LogP contribution is 2.29. The number of carbonyl (C=O) groups is 1. The Morgan fingerprint density at radius 1 is 1.30 bits per heavy atom. The highest BCUT2D eigenvalue weighted by molar-refractivity contribution is 5.80. The van der Waals surface area contributed by atoms with Crippen molar-refractivity contribution >= 4 is 17.7 Å². The summed E-state index contributed by atoms with van der Waals surface area (Å²) in [5, 5.41) is 7.55. The van der Waals surface area contributed by atoms with Crippen LogP contribution in [0.3, 0.4) is 0 Å². The first-order valence-electron chi connectivity index (χ1n) is 6.01. The van der Waals surface area contributed by atoms with E-state index in [0.29, 0.717) is 6.54 Å². The maximum atomic E-state index is 12.7. The molecule has 1 aromatic rings. The van der Waals surface area contributed by atoms with Crippen molar-refractivity contribution in [2.24, 2.45) is 0 Å². The van der Waals surface area contributed by atoms with Gasteiger partial charge in [-0.1, -0.05) is 6.92 Å². The van der Waals surface area contributed by atoms with Crippen molar-refractivity contribution in [3.05, 3.63) is 11.8 Å². The number of rotatable bonds is 6. The minimum Gasteiger partial charge on any atom is -0.361 e. The standard InChI is InChI=1S/C11H16F3N5O/c1-3-4-16-10-18-7(11(12,13)14)5-8(19-10)17-6-9(20)15-2/h5H,3-4,6H2,1-2H3,(H,15,20)(H2,16,17,18,19). The number of halogens is 3. The zero-order valence-electron chi connectivity index (χ0n) is 11.1. The molecule has 0 fully saturated rings. The van der Waals surface area contributed by atoms with Crippen molar-refractivity contribution < 1.29 is 18.0 Å². The van der Waals surface area contributed by atoms with Gasteiger partial charge in [0.1, 0.15) is 5.82 Å². The van der Waals surface area contributed by atoms with Crippen LogP contribution in [-0.4, -0.2) is 36.0 Å². The average Bonchev–Trinajstić information content (AvgIpc) is 2.41. The molecule has 0 aromatic carbocycles. The maximum Gasteiger partial charge on any atom is 0.433 e. The lowest BCUT2D eigenvalue weighted by molar-refractivity contribution is -0.141. The quantitative estimate of drug-likeness (QED) is 0.740. The van der Waals surface area contributed by atoms with Crippen LogP contribution < -0.4 is 16.0 Å². The molecule has 0 atom stereocenters. The predicted molar refractivity (Wildman–Crippen MR) is 68.4 cm³/mol. The number of hydrogen-bond acceptors (Lipinski definition) is 5. The Bertz CT molecular complexity index is 464. The summed E-state index contributed by atoms with van der Waals surface area (Å²) in [7, 11) is 1.43. The molecule has 0 aliphatic carbocycles. The third kappa shape index (κ3) is 4.90. The maximum absolute atomic E-state index is 12.7. The fourth-order valence-electron chi connectivity index (χ4n) is 1.26. The van der Waals surface area contributed by atoms with Crippen LogP contribution in [0.25, 0.3) is 0 Å². The summed E-state index contributed by atoms with van der Waals surface area (Å²) < 4.78 is 38.1. The van der Waals surface area contributed by atoms with Crippen LogP contribution in [0, 0.1) is 0 Å². The summed E-state index contributed by atoms with van der Waals surface area (Å²) in [4.78, 5) is 18.3. The largest absolute Gasteiger partial charge is 0.433 e. The van der Waals surface area contributed by atoms with Gasteiger partial charge in [0, 0.05) is 19.7 Å². The molecule has 6 nitrogen and oxygen atoms in total.